The number of nitrogens with zero attached hydrogens (tertiary/aromatic N) is 2. The molecule has 0 radical (unpaired) electrons. The normalized spacial score (nSPS) is 21.6. The minimum atomic E-state index is -0.260. The third kappa shape index (κ3) is 3.61. The van der Waals surface area contributed by atoms with E-state index in [0.717, 1.165) is 40.6 Å². The molecule has 3 heterocycles. The Morgan fingerprint density at radius 3 is 2.84 bits per heavy atom. The number of carbonyl (C=O) groups is 1. The number of thiazole rings is 1. The predicted molar refractivity (Wildman–Crippen MR) is 99.2 cm³/mol. The minimum Gasteiger partial charge on any atom is -0.393 e. The van der Waals surface area contributed by atoms with Gasteiger partial charge in [-0.15, -0.1) is 11.3 Å². The molecule has 2 aromatic heterocycles. The van der Waals surface area contributed by atoms with Crippen LogP contribution in [0.5, 0.6) is 0 Å². The van der Waals surface area contributed by atoms with Crippen LogP contribution < -0.4 is 10.2 Å². The average molecular weight is 379 g/mol. The lowest BCUT2D eigenvalue weighted by atomic mass is 10.1. The zero-order valence-electron chi connectivity index (χ0n) is 13.4. The number of aliphatic hydroxyl groups is 1. The number of hydrogen-bond acceptors (Lipinski definition) is 6. The van der Waals surface area contributed by atoms with E-state index >= 15 is 0 Å². The topological polar surface area (TPSA) is 65.5 Å². The maximum absolute atomic E-state index is 13.0. The van der Waals surface area contributed by atoms with E-state index in [2.05, 4.69) is 15.2 Å². The molecule has 2 aromatic rings. The van der Waals surface area contributed by atoms with Crippen molar-refractivity contribution in [1.82, 2.24) is 10.3 Å². The SMILES string of the molecule is O=C(NC1C=CC(F)=CC1)c1cc2sc(N3CCC(O)CC3)nc2s1. The van der Waals surface area contributed by atoms with Gasteiger partial charge in [0, 0.05) is 13.1 Å². The van der Waals surface area contributed by atoms with E-state index in [1.54, 1.807) is 17.4 Å². The molecule has 1 saturated heterocycles. The van der Waals surface area contributed by atoms with Gasteiger partial charge < -0.3 is 15.3 Å². The molecule has 1 aliphatic heterocycles. The molecule has 0 aromatic carbocycles. The first-order chi connectivity index (χ1) is 12.1. The number of thiophene rings is 1. The van der Waals surface area contributed by atoms with Gasteiger partial charge in [-0.1, -0.05) is 17.4 Å². The number of anilines is 1. The Morgan fingerprint density at radius 2 is 2.16 bits per heavy atom. The maximum Gasteiger partial charge on any atom is 0.261 e. The van der Waals surface area contributed by atoms with Gasteiger partial charge >= 0.3 is 0 Å². The Hall–Kier alpha value is -1.77. The van der Waals surface area contributed by atoms with Gasteiger partial charge in [0.2, 0.25) is 0 Å². The van der Waals surface area contributed by atoms with Crippen molar-refractivity contribution in [1.29, 1.82) is 0 Å². The maximum atomic E-state index is 13.0. The highest BCUT2D eigenvalue weighted by Crippen LogP contribution is 2.35. The number of nitrogens with one attached hydrogen (secondary N) is 1. The van der Waals surface area contributed by atoms with E-state index in [1.165, 1.54) is 23.5 Å². The van der Waals surface area contributed by atoms with Gasteiger partial charge in [0.05, 0.1) is 21.7 Å². The Balaban J connectivity index is 1.44. The molecule has 4 rings (SSSR count). The summed E-state index contributed by atoms with van der Waals surface area (Å²) in [4.78, 5) is 20.7. The quantitative estimate of drug-likeness (QED) is 0.859. The highest BCUT2D eigenvalue weighted by molar-refractivity contribution is 7.29. The van der Waals surface area contributed by atoms with Crippen molar-refractivity contribution in [3.8, 4) is 0 Å². The largest absolute Gasteiger partial charge is 0.393 e. The molecule has 1 aliphatic carbocycles. The molecule has 2 N–H and O–H groups in total. The number of aliphatic hydroxyl groups excluding tert-OH is 1. The highest BCUT2D eigenvalue weighted by atomic mass is 32.1. The van der Waals surface area contributed by atoms with Crippen LogP contribution in [0.4, 0.5) is 9.52 Å². The zero-order valence-corrected chi connectivity index (χ0v) is 15.1. The summed E-state index contributed by atoms with van der Waals surface area (Å²) in [5.74, 6) is -0.410. The van der Waals surface area contributed by atoms with E-state index in [0.29, 0.717) is 11.3 Å². The number of rotatable bonds is 3. The number of allylic oxidation sites excluding steroid dienone is 2. The van der Waals surface area contributed by atoms with Crippen molar-refractivity contribution in [2.24, 2.45) is 0 Å². The molecule has 25 heavy (non-hydrogen) atoms. The van der Waals surface area contributed by atoms with Crippen molar-refractivity contribution < 1.29 is 14.3 Å². The second kappa shape index (κ2) is 6.86. The minimum absolute atomic E-state index is 0.150. The van der Waals surface area contributed by atoms with Crippen molar-refractivity contribution >= 4 is 43.2 Å². The fourth-order valence-corrected chi connectivity index (χ4v) is 5.13. The number of fused-ring (bicyclic) bond motifs is 1. The summed E-state index contributed by atoms with van der Waals surface area (Å²) < 4.78 is 14.0. The summed E-state index contributed by atoms with van der Waals surface area (Å²) in [5.41, 5.74) is 0. The first kappa shape index (κ1) is 16.7. The molecular formula is C17H18FN3O2S2. The van der Waals surface area contributed by atoms with Gasteiger partial charge in [0.1, 0.15) is 10.7 Å². The second-order valence-electron chi connectivity index (χ2n) is 6.26. The summed E-state index contributed by atoms with van der Waals surface area (Å²) in [6.45, 7) is 1.63. The molecule has 1 unspecified atom stereocenters. The third-order valence-corrected chi connectivity index (χ3v) is 6.63. The first-order valence-electron chi connectivity index (χ1n) is 8.26. The average Bonchev–Trinajstić information content (AvgIpc) is 3.16. The first-order valence-corrected chi connectivity index (χ1v) is 9.90. The Bertz CT molecular complexity index is 818. The fraction of sp³-hybridized carbons (Fsp3) is 0.412. The number of amides is 1. The van der Waals surface area contributed by atoms with E-state index in [-0.39, 0.29) is 23.9 Å². The van der Waals surface area contributed by atoms with Gasteiger partial charge in [0.15, 0.2) is 5.13 Å². The summed E-state index contributed by atoms with van der Waals surface area (Å²) in [5, 5.41) is 13.5. The molecule has 2 aliphatic rings. The molecular weight excluding hydrogens is 361 g/mol. The van der Waals surface area contributed by atoms with Crippen molar-refractivity contribution in [2.75, 3.05) is 18.0 Å². The summed E-state index contributed by atoms with van der Waals surface area (Å²) in [6.07, 6.45) is 6.33. The number of carbonyl (C=O) groups excluding carboxylic acids is 1. The second-order valence-corrected chi connectivity index (χ2v) is 8.30. The van der Waals surface area contributed by atoms with Gasteiger partial charge in [-0.05, 0) is 37.5 Å². The predicted octanol–water partition coefficient (Wildman–Crippen LogP) is 3.23. The lowest BCUT2D eigenvalue weighted by Crippen LogP contribution is -2.35. The lowest BCUT2D eigenvalue weighted by molar-refractivity contribution is 0.0948. The molecule has 1 atom stereocenters. The van der Waals surface area contributed by atoms with E-state index in [9.17, 15) is 14.3 Å². The van der Waals surface area contributed by atoms with Crippen LogP contribution in [-0.4, -0.2) is 41.2 Å². The number of aromatic nitrogens is 1. The van der Waals surface area contributed by atoms with Crippen LogP contribution >= 0.6 is 22.7 Å². The Morgan fingerprint density at radius 1 is 1.36 bits per heavy atom. The zero-order chi connectivity index (χ0) is 17.4. The molecule has 132 valence electrons. The van der Waals surface area contributed by atoms with Crippen LogP contribution in [-0.2, 0) is 0 Å². The van der Waals surface area contributed by atoms with Crippen molar-refractivity contribution in [3.63, 3.8) is 0 Å². The summed E-state index contributed by atoms with van der Waals surface area (Å²) in [7, 11) is 0. The number of halogens is 1. The number of hydrogen-bond donors (Lipinski definition) is 2. The van der Waals surface area contributed by atoms with Crippen LogP contribution in [0.15, 0.2) is 30.1 Å². The summed E-state index contributed by atoms with van der Waals surface area (Å²) in [6, 6.07) is 1.70. The van der Waals surface area contributed by atoms with Crippen LogP contribution in [0, 0.1) is 0 Å². The van der Waals surface area contributed by atoms with Crippen molar-refractivity contribution in [3.05, 3.63) is 35.0 Å². The molecule has 0 spiro atoms. The van der Waals surface area contributed by atoms with Gasteiger partial charge in [-0.2, -0.15) is 0 Å². The molecule has 0 saturated carbocycles. The molecule has 1 amide bonds. The molecule has 8 heteroatoms. The van der Waals surface area contributed by atoms with Crippen LogP contribution in [0.3, 0.4) is 0 Å². The summed E-state index contributed by atoms with van der Waals surface area (Å²) >= 11 is 2.96. The van der Waals surface area contributed by atoms with Crippen LogP contribution in [0.25, 0.3) is 9.53 Å². The van der Waals surface area contributed by atoms with Crippen LogP contribution in [0.2, 0.25) is 0 Å². The Kier molecular flexibility index (Phi) is 4.58. The standard InChI is InChI=1S/C17H18FN3O2S2/c18-10-1-3-11(4-2-10)19-15(23)13-9-14-16(24-13)20-17(25-14)21-7-5-12(22)6-8-21/h1-3,9,11-12,22H,4-8H2,(H,19,23). The lowest BCUT2D eigenvalue weighted by Gasteiger charge is -2.28. The van der Waals surface area contributed by atoms with E-state index in [1.807, 2.05) is 6.07 Å². The molecule has 0 bridgehead atoms. The van der Waals surface area contributed by atoms with Gasteiger partial charge in [-0.25, -0.2) is 9.37 Å². The fourth-order valence-electron chi connectivity index (χ4n) is 2.97. The number of piperidine rings is 1. The highest BCUT2D eigenvalue weighted by Gasteiger charge is 2.22. The van der Waals surface area contributed by atoms with Gasteiger partial charge in [-0.3, -0.25) is 4.79 Å². The molecule has 1 fully saturated rings. The van der Waals surface area contributed by atoms with E-state index in [4.69, 9.17) is 0 Å². The monoisotopic (exact) mass is 379 g/mol. The van der Waals surface area contributed by atoms with Crippen molar-refractivity contribution in [2.45, 2.75) is 31.4 Å². The molecule has 5 nitrogen and oxygen atoms in total. The smallest absolute Gasteiger partial charge is 0.261 e. The van der Waals surface area contributed by atoms with Crippen LogP contribution in [0.1, 0.15) is 28.9 Å². The van der Waals surface area contributed by atoms with E-state index < -0.39 is 0 Å². The Labute approximate surface area is 152 Å². The van der Waals surface area contributed by atoms with Gasteiger partial charge in [0.25, 0.3) is 5.91 Å². The third-order valence-electron chi connectivity index (χ3n) is 4.41.